The highest BCUT2D eigenvalue weighted by atomic mass is 35.5. The maximum atomic E-state index is 11.4. The molecule has 6 nitrogen and oxygen atoms in total. The molecule has 0 saturated carbocycles. The summed E-state index contributed by atoms with van der Waals surface area (Å²) >= 11 is 1.72. The van der Waals surface area contributed by atoms with Gasteiger partial charge in [-0.15, -0.1) is 24.2 Å². The average molecular weight is 518 g/mol. The first-order valence-corrected chi connectivity index (χ1v) is 13.6. The van der Waals surface area contributed by atoms with Crippen molar-refractivity contribution < 1.29 is 13.2 Å². The number of nitrogens with zero attached hydrogens (tertiary/aromatic N) is 2. The van der Waals surface area contributed by atoms with Crippen LogP contribution < -0.4 is 4.72 Å². The third-order valence-corrected chi connectivity index (χ3v) is 6.73. The van der Waals surface area contributed by atoms with E-state index >= 15 is 0 Å². The van der Waals surface area contributed by atoms with Crippen LogP contribution in [-0.4, -0.2) is 38.9 Å². The van der Waals surface area contributed by atoms with Crippen LogP contribution in [0.2, 0.25) is 0 Å². The molecule has 0 radical (unpaired) electrons. The van der Waals surface area contributed by atoms with E-state index in [-0.39, 0.29) is 18.4 Å². The minimum absolute atomic E-state index is 0. The number of nitrogens with one attached hydrogen (secondary N) is 1. The second-order valence-corrected chi connectivity index (χ2v) is 10.6. The zero-order valence-electron chi connectivity index (χ0n) is 19.3. The zero-order chi connectivity index (χ0) is 23.4. The summed E-state index contributed by atoms with van der Waals surface area (Å²) < 4.78 is 31.4. The summed E-state index contributed by atoms with van der Waals surface area (Å²) in [5, 5.41) is 0. The second-order valence-electron chi connectivity index (χ2n) is 8.00. The molecule has 0 spiro atoms. The number of rotatable bonds is 6. The zero-order valence-corrected chi connectivity index (χ0v) is 21.7. The Morgan fingerprint density at radius 3 is 2.38 bits per heavy atom. The molecule has 1 atom stereocenters. The highest BCUT2D eigenvalue weighted by Crippen LogP contribution is 2.33. The molecule has 0 saturated heterocycles. The molecule has 4 rings (SSSR count). The number of halogens is 1. The molecule has 1 aliphatic rings. The van der Waals surface area contributed by atoms with Gasteiger partial charge in [0.15, 0.2) is 0 Å². The molecular formula is C25H28ClN3O3S2. The molecule has 0 fully saturated rings. The number of ether oxygens (including phenoxy) is 1. The summed E-state index contributed by atoms with van der Waals surface area (Å²) in [5.74, 6) is 0. The van der Waals surface area contributed by atoms with Crippen LogP contribution in [0.4, 0.5) is 5.69 Å². The SMILES string of the molecule is CSc1ccc([C@@H]2N=C(OCc3ccc(NS(C)(=O)=O)cc3)N(C)Cc3ccccc32)cc1.Cl. The summed E-state index contributed by atoms with van der Waals surface area (Å²) in [7, 11) is -1.32. The standard InChI is InChI=1S/C25H27N3O3S2.ClH/c1-28-16-20-6-4-5-7-23(20)24(19-10-14-22(32-2)15-11-19)26-25(28)31-17-18-8-12-21(13-9-18)27-33(3,29)30;/h4-15,24,27H,16-17H2,1-3H3;1H/t24-;/m0./s1. The molecule has 9 heteroatoms. The van der Waals surface area contributed by atoms with Crippen LogP contribution in [0.15, 0.2) is 82.7 Å². The fraction of sp³-hybridized carbons (Fsp3) is 0.240. The van der Waals surface area contributed by atoms with E-state index in [4.69, 9.17) is 9.73 Å². The summed E-state index contributed by atoms with van der Waals surface area (Å²) in [6, 6.07) is 24.5. The number of fused-ring (bicyclic) bond motifs is 1. The van der Waals surface area contributed by atoms with Crippen molar-refractivity contribution in [1.82, 2.24) is 4.90 Å². The highest BCUT2D eigenvalue weighted by molar-refractivity contribution is 7.98. The molecule has 0 amide bonds. The third kappa shape index (κ3) is 6.46. The number of hydrogen-bond acceptors (Lipinski definition) is 6. The Hall–Kier alpha value is -2.68. The number of benzene rings is 3. The van der Waals surface area contributed by atoms with Crippen molar-refractivity contribution in [3.8, 4) is 0 Å². The van der Waals surface area contributed by atoms with Gasteiger partial charge in [0.05, 0.1) is 6.26 Å². The summed E-state index contributed by atoms with van der Waals surface area (Å²) in [5.41, 5.74) is 4.96. The number of thioether (sulfide) groups is 1. The molecule has 1 heterocycles. The molecule has 1 N–H and O–H groups in total. The predicted octanol–water partition coefficient (Wildman–Crippen LogP) is 5.31. The van der Waals surface area contributed by atoms with Crippen LogP contribution in [0.5, 0.6) is 0 Å². The topological polar surface area (TPSA) is 71.0 Å². The fourth-order valence-corrected chi connectivity index (χ4v) is 4.74. The first-order valence-electron chi connectivity index (χ1n) is 10.5. The molecule has 34 heavy (non-hydrogen) atoms. The largest absolute Gasteiger partial charge is 0.460 e. The lowest BCUT2D eigenvalue weighted by atomic mass is 9.95. The van der Waals surface area contributed by atoms with Crippen LogP contribution >= 0.6 is 24.2 Å². The lowest BCUT2D eigenvalue weighted by Crippen LogP contribution is -2.27. The van der Waals surface area contributed by atoms with E-state index in [1.54, 1.807) is 23.9 Å². The average Bonchev–Trinajstić information content (AvgIpc) is 2.93. The number of sulfonamides is 1. The normalized spacial score (nSPS) is 15.4. The van der Waals surface area contributed by atoms with Crippen LogP contribution in [-0.2, 0) is 27.9 Å². The van der Waals surface area contributed by atoms with Gasteiger partial charge in [-0.3, -0.25) is 4.72 Å². The third-order valence-electron chi connectivity index (χ3n) is 5.38. The maximum absolute atomic E-state index is 11.4. The molecule has 0 unspecified atom stereocenters. The van der Waals surface area contributed by atoms with Gasteiger partial charge in [0, 0.05) is 24.2 Å². The van der Waals surface area contributed by atoms with E-state index in [9.17, 15) is 8.42 Å². The first-order chi connectivity index (χ1) is 15.8. The fourth-order valence-electron chi connectivity index (χ4n) is 3.77. The van der Waals surface area contributed by atoms with E-state index in [0.29, 0.717) is 24.9 Å². The van der Waals surface area contributed by atoms with Crippen LogP contribution in [0, 0.1) is 0 Å². The van der Waals surface area contributed by atoms with Crippen molar-refractivity contribution >= 4 is 45.9 Å². The van der Waals surface area contributed by atoms with E-state index in [0.717, 1.165) is 17.4 Å². The van der Waals surface area contributed by atoms with Crippen molar-refractivity contribution in [2.24, 2.45) is 4.99 Å². The lowest BCUT2D eigenvalue weighted by molar-refractivity contribution is 0.231. The van der Waals surface area contributed by atoms with Crippen LogP contribution in [0.3, 0.4) is 0 Å². The first kappa shape index (κ1) is 25.9. The number of amidine groups is 1. The van der Waals surface area contributed by atoms with E-state index in [2.05, 4.69) is 59.5 Å². The number of aliphatic imine (C=N–C) groups is 1. The van der Waals surface area contributed by atoms with Crippen LogP contribution in [0.25, 0.3) is 0 Å². The van der Waals surface area contributed by atoms with Crippen molar-refractivity contribution in [3.05, 3.63) is 95.1 Å². The predicted molar refractivity (Wildman–Crippen MR) is 142 cm³/mol. The van der Waals surface area contributed by atoms with Crippen LogP contribution in [0.1, 0.15) is 28.3 Å². The summed E-state index contributed by atoms with van der Waals surface area (Å²) in [4.78, 5) is 8.26. The van der Waals surface area contributed by atoms with Crippen molar-refractivity contribution in [2.75, 3.05) is 24.3 Å². The Morgan fingerprint density at radius 2 is 1.74 bits per heavy atom. The van der Waals surface area contributed by atoms with Crippen molar-refractivity contribution in [3.63, 3.8) is 0 Å². The maximum Gasteiger partial charge on any atom is 0.288 e. The molecule has 180 valence electrons. The Labute approximate surface area is 211 Å². The van der Waals surface area contributed by atoms with Crippen molar-refractivity contribution in [2.45, 2.75) is 24.1 Å². The van der Waals surface area contributed by atoms with Gasteiger partial charge in [-0.25, -0.2) is 13.4 Å². The molecule has 3 aromatic carbocycles. The van der Waals surface area contributed by atoms with E-state index < -0.39 is 10.0 Å². The van der Waals surface area contributed by atoms with E-state index in [1.807, 2.05) is 24.1 Å². The van der Waals surface area contributed by atoms with Gasteiger partial charge in [0.2, 0.25) is 10.0 Å². The lowest BCUT2D eigenvalue weighted by Gasteiger charge is -2.20. The van der Waals surface area contributed by atoms with Gasteiger partial charge < -0.3 is 9.64 Å². The minimum atomic E-state index is -3.30. The number of anilines is 1. The van der Waals surface area contributed by atoms with Gasteiger partial charge in [-0.1, -0.05) is 48.5 Å². The highest BCUT2D eigenvalue weighted by Gasteiger charge is 2.24. The van der Waals surface area contributed by atoms with Gasteiger partial charge in [-0.05, 0) is 52.8 Å². The van der Waals surface area contributed by atoms with Gasteiger partial charge in [0.1, 0.15) is 12.6 Å². The Balaban J connectivity index is 0.00000324. The molecule has 0 aliphatic carbocycles. The number of hydrogen-bond donors (Lipinski definition) is 1. The minimum Gasteiger partial charge on any atom is -0.460 e. The molecular weight excluding hydrogens is 490 g/mol. The molecule has 1 aliphatic heterocycles. The molecule has 0 aromatic heterocycles. The van der Waals surface area contributed by atoms with E-state index in [1.165, 1.54) is 16.0 Å². The van der Waals surface area contributed by atoms with Crippen molar-refractivity contribution in [1.29, 1.82) is 0 Å². The second kappa shape index (κ2) is 11.2. The van der Waals surface area contributed by atoms with Gasteiger partial charge in [0.25, 0.3) is 6.02 Å². The Bertz CT molecular complexity index is 1250. The Kier molecular flexibility index (Phi) is 8.52. The van der Waals surface area contributed by atoms with Gasteiger partial charge >= 0.3 is 0 Å². The summed E-state index contributed by atoms with van der Waals surface area (Å²) in [6.07, 6.45) is 3.20. The smallest absolute Gasteiger partial charge is 0.288 e. The van der Waals surface area contributed by atoms with Gasteiger partial charge in [-0.2, -0.15) is 0 Å². The monoisotopic (exact) mass is 517 g/mol. The summed E-state index contributed by atoms with van der Waals surface area (Å²) in [6.45, 7) is 1.03. The quantitative estimate of drug-likeness (QED) is 0.449. The molecule has 3 aromatic rings. The Morgan fingerprint density at radius 1 is 1.06 bits per heavy atom. The molecule has 0 bridgehead atoms.